The Balaban J connectivity index is 2.13. The van der Waals surface area contributed by atoms with Crippen LogP contribution in [0.15, 0.2) is 24.4 Å². The normalized spacial score (nSPS) is 10.5. The molecule has 2 rings (SSSR count). The monoisotopic (exact) mass is 267 g/mol. The number of carbonyl (C=O) groups excluding carboxylic acids is 1. The number of carbonyl (C=O) groups is 1. The SMILES string of the molecule is CCOC(=O)c1cn(Cc2cc(F)cc(F)c2)nn1. The van der Waals surface area contributed by atoms with Crippen LogP contribution < -0.4 is 0 Å². The number of halogens is 2. The van der Waals surface area contributed by atoms with Crippen molar-refractivity contribution in [3.63, 3.8) is 0 Å². The van der Waals surface area contributed by atoms with Gasteiger partial charge in [0.25, 0.3) is 0 Å². The number of hydrogen-bond acceptors (Lipinski definition) is 4. The molecule has 0 unspecified atom stereocenters. The minimum absolute atomic E-state index is 0.0544. The standard InChI is InChI=1S/C12H11F2N3O2/c1-2-19-12(18)11-7-17(16-15-11)6-8-3-9(13)5-10(14)4-8/h3-5,7H,2,6H2,1H3. The van der Waals surface area contributed by atoms with Gasteiger partial charge in [0.15, 0.2) is 5.69 Å². The summed E-state index contributed by atoms with van der Waals surface area (Å²) < 4.78 is 32.1. The van der Waals surface area contributed by atoms with Crippen LogP contribution in [0.2, 0.25) is 0 Å². The molecule has 0 aliphatic heterocycles. The van der Waals surface area contributed by atoms with Gasteiger partial charge in [-0.15, -0.1) is 5.10 Å². The van der Waals surface area contributed by atoms with E-state index >= 15 is 0 Å². The van der Waals surface area contributed by atoms with E-state index in [4.69, 9.17) is 4.74 Å². The molecule has 0 saturated carbocycles. The highest BCUT2D eigenvalue weighted by Gasteiger charge is 2.12. The van der Waals surface area contributed by atoms with Gasteiger partial charge >= 0.3 is 5.97 Å². The van der Waals surface area contributed by atoms with E-state index in [0.29, 0.717) is 5.56 Å². The maximum absolute atomic E-state index is 13.0. The molecule has 1 aromatic heterocycles. The highest BCUT2D eigenvalue weighted by atomic mass is 19.1. The summed E-state index contributed by atoms with van der Waals surface area (Å²) in [7, 11) is 0. The first-order chi connectivity index (χ1) is 9.08. The molecule has 5 nitrogen and oxygen atoms in total. The third kappa shape index (κ3) is 3.34. The molecule has 0 N–H and O–H groups in total. The van der Waals surface area contributed by atoms with Crippen molar-refractivity contribution in [2.75, 3.05) is 6.61 Å². The predicted molar refractivity (Wildman–Crippen MR) is 61.4 cm³/mol. The zero-order chi connectivity index (χ0) is 13.8. The van der Waals surface area contributed by atoms with Crippen molar-refractivity contribution >= 4 is 5.97 Å². The highest BCUT2D eigenvalue weighted by Crippen LogP contribution is 2.09. The fourth-order valence-corrected chi connectivity index (χ4v) is 1.56. The second-order valence-corrected chi connectivity index (χ2v) is 3.80. The van der Waals surface area contributed by atoms with Gasteiger partial charge in [-0.25, -0.2) is 18.3 Å². The first-order valence-electron chi connectivity index (χ1n) is 5.60. The third-order valence-corrected chi connectivity index (χ3v) is 2.29. The van der Waals surface area contributed by atoms with Crippen molar-refractivity contribution in [3.8, 4) is 0 Å². The Kier molecular flexibility index (Phi) is 3.84. The average Bonchev–Trinajstić information content (AvgIpc) is 2.76. The van der Waals surface area contributed by atoms with Crippen LogP contribution in [0, 0.1) is 11.6 Å². The van der Waals surface area contributed by atoms with E-state index in [2.05, 4.69) is 10.3 Å². The zero-order valence-electron chi connectivity index (χ0n) is 10.1. The van der Waals surface area contributed by atoms with Crippen LogP contribution in [0.5, 0.6) is 0 Å². The summed E-state index contributed by atoms with van der Waals surface area (Å²) in [5, 5.41) is 7.32. The van der Waals surface area contributed by atoms with E-state index < -0.39 is 17.6 Å². The Morgan fingerprint density at radius 2 is 2.00 bits per heavy atom. The largest absolute Gasteiger partial charge is 0.461 e. The summed E-state index contributed by atoms with van der Waals surface area (Å²) in [5.74, 6) is -1.92. The molecule has 0 saturated heterocycles. The van der Waals surface area contributed by atoms with Crippen molar-refractivity contribution in [1.29, 1.82) is 0 Å². The van der Waals surface area contributed by atoms with Crippen molar-refractivity contribution in [1.82, 2.24) is 15.0 Å². The van der Waals surface area contributed by atoms with Crippen molar-refractivity contribution in [3.05, 3.63) is 47.3 Å². The molecular formula is C12H11F2N3O2. The first-order valence-corrected chi connectivity index (χ1v) is 5.60. The van der Waals surface area contributed by atoms with E-state index in [-0.39, 0.29) is 18.8 Å². The number of aromatic nitrogens is 3. The molecule has 0 fully saturated rings. The molecule has 0 bridgehead atoms. The Bertz CT molecular complexity index is 578. The quantitative estimate of drug-likeness (QED) is 0.792. The molecule has 0 aliphatic rings. The summed E-state index contributed by atoms with van der Waals surface area (Å²) >= 11 is 0. The topological polar surface area (TPSA) is 57.0 Å². The van der Waals surface area contributed by atoms with Crippen molar-refractivity contribution in [2.45, 2.75) is 13.5 Å². The maximum atomic E-state index is 13.0. The molecule has 0 radical (unpaired) electrons. The number of rotatable bonds is 4. The molecule has 1 heterocycles. The van der Waals surface area contributed by atoms with Crippen LogP contribution >= 0.6 is 0 Å². The fourth-order valence-electron chi connectivity index (χ4n) is 1.56. The van der Waals surface area contributed by atoms with Gasteiger partial charge in [-0.1, -0.05) is 5.21 Å². The molecule has 0 spiro atoms. The number of benzene rings is 1. The Hall–Kier alpha value is -2.31. The Morgan fingerprint density at radius 3 is 2.63 bits per heavy atom. The fraction of sp³-hybridized carbons (Fsp3) is 0.250. The summed E-state index contributed by atoms with van der Waals surface area (Å²) in [4.78, 5) is 11.4. The maximum Gasteiger partial charge on any atom is 0.360 e. The van der Waals surface area contributed by atoms with Gasteiger partial charge in [0, 0.05) is 6.07 Å². The van der Waals surface area contributed by atoms with Crippen LogP contribution in [0.25, 0.3) is 0 Å². The van der Waals surface area contributed by atoms with E-state index in [0.717, 1.165) is 6.07 Å². The second-order valence-electron chi connectivity index (χ2n) is 3.80. The minimum atomic E-state index is -0.666. The summed E-state index contributed by atoms with van der Waals surface area (Å²) in [6.07, 6.45) is 1.36. The first kappa shape index (κ1) is 13.1. The molecule has 100 valence electrons. The lowest BCUT2D eigenvalue weighted by atomic mass is 10.2. The van der Waals surface area contributed by atoms with Gasteiger partial charge in [-0.05, 0) is 24.6 Å². The van der Waals surface area contributed by atoms with E-state index in [1.807, 2.05) is 0 Å². The van der Waals surface area contributed by atoms with Gasteiger partial charge in [0.1, 0.15) is 11.6 Å². The smallest absolute Gasteiger partial charge is 0.360 e. The van der Waals surface area contributed by atoms with Crippen molar-refractivity contribution in [2.24, 2.45) is 0 Å². The highest BCUT2D eigenvalue weighted by molar-refractivity contribution is 5.86. The molecule has 0 atom stereocenters. The van der Waals surface area contributed by atoms with E-state index in [9.17, 15) is 13.6 Å². The Labute approximate surface area is 107 Å². The van der Waals surface area contributed by atoms with Crippen LogP contribution in [-0.2, 0) is 11.3 Å². The van der Waals surface area contributed by atoms with Gasteiger partial charge in [-0.3, -0.25) is 0 Å². The lowest BCUT2D eigenvalue weighted by Crippen LogP contribution is -2.05. The molecule has 7 heteroatoms. The zero-order valence-corrected chi connectivity index (χ0v) is 10.1. The predicted octanol–water partition coefficient (Wildman–Crippen LogP) is 1.78. The number of esters is 1. The lowest BCUT2D eigenvalue weighted by molar-refractivity contribution is 0.0519. The number of ether oxygens (including phenoxy) is 1. The molecule has 1 aromatic carbocycles. The van der Waals surface area contributed by atoms with E-state index in [1.165, 1.54) is 23.0 Å². The minimum Gasteiger partial charge on any atom is -0.461 e. The van der Waals surface area contributed by atoms with Crippen LogP contribution in [-0.4, -0.2) is 27.6 Å². The number of nitrogens with zero attached hydrogens (tertiary/aromatic N) is 3. The third-order valence-electron chi connectivity index (χ3n) is 2.29. The molecule has 0 aliphatic carbocycles. The molecular weight excluding hydrogens is 256 g/mol. The van der Waals surface area contributed by atoms with Gasteiger partial charge in [0.05, 0.1) is 19.3 Å². The summed E-state index contributed by atoms with van der Waals surface area (Å²) in [5.41, 5.74) is 0.441. The van der Waals surface area contributed by atoms with E-state index in [1.54, 1.807) is 6.92 Å². The summed E-state index contributed by atoms with van der Waals surface area (Å²) in [6.45, 7) is 2.03. The Morgan fingerprint density at radius 1 is 1.32 bits per heavy atom. The van der Waals surface area contributed by atoms with Gasteiger partial charge < -0.3 is 4.74 Å². The van der Waals surface area contributed by atoms with Crippen LogP contribution in [0.4, 0.5) is 8.78 Å². The number of hydrogen-bond donors (Lipinski definition) is 0. The van der Waals surface area contributed by atoms with Crippen molar-refractivity contribution < 1.29 is 18.3 Å². The van der Waals surface area contributed by atoms with Crippen LogP contribution in [0.1, 0.15) is 23.0 Å². The molecule has 0 amide bonds. The van der Waals surface area contributed by atoms with Crippen LogP contribution in [0.3, 0.4) is 0 Å². The summed E-state index contributed by atoms with van der Waals surface area (Å²) in [6, 6.07) is 3.17. The second kappa shape index (κ2) is 5.55. The average molecular weight is 267 g/mol. The van der Waals surface area contributed by atoms with Gasteiger partial charge in [0.2, 0.25) is 0 Å². The molecule has 19 heavy (non-hydrogen) atoms. The lowest BCUT2D eigenvalue weighted by Gasteiger charge is -2.01. The van der Waals surface area contributed by atoms with Gasteiger partial charge in [-0.2, -0.15) is 0 Å². The molecule has 2 aromatic rings.